The molecule has 0 aromatic carbocycles. The maximum Gasteiger partial charge on any atom is 0.0932 e. The number of aromatic nitrogens is 2. The minimum Gasteiger partial charge on any atom is -0.392 e. The monoisotopic (exact) mass is 137 g/mol. The maximum absolute atomic E-state index is 4.07. The van der Waals surface area contributed by atoms with Gasteiger partial charge in [-0.15, -0.1) is 0 Å². The third-order valence-electron chi connectivity index (χ3n) is 1.26. The first-order chi connectivity index (χ1) is 4.88. The number of H-pyrrole nitrogens is 1. The van der Waals surface area contributed by atoms with Crippen molar-refractivity contribution in [2.24, 2.45) is 0 Å². The Morgan fingerprint density at radius 3 is 3.10 bits per heavy atom. The number of hydrogen-bond donors (Lipinski definition) is 2. The Balaban J connectivity index is 3.28. The molecule has 54 valence electrons. The van der Waals surface area contributed by atoms with Gasteiger partial charge in [-0.2, -0.15) is 0 Å². The van der Waals surface area contributed by atoms with E-state index in [-0.39, 0.29) is 0 Å². The second-order valence-electron chi connectivity index (χ2n) is 1.92. The standard InChI is InChI=1S/C7H11N3/c1-3-6-7(4-8-2)10-5-9-6/h3-5,8H,1-2H3,(H,9,10)/b6-3+,7-4+. The van der Waals surface area contributed by atoms with Crippen LogP contribution in [0.3, 0.4) is 0 Å². The summed E-state index contributed by atoms with van der Waals surface area (Å²) in [6.07, 6.45) is 5.51. The third kappa shape index (κ3) is 1.18. The van der Waals surface area contributed by atoms with E-state index in [0.717, 1.165) is 10.7 Å². The largest absolute Gasteiger partial charge is 0.392 e. The molecule has 1 aromatic rings. The molecule has 3 heteroatoms. The fourth-order valence-electron chi connectivity index (χ4n) is 0.805. The van der Waals surface area contributed by atoms with Gasteiger partial charge >= 0.3 is 0 Å². The summed E-state index contributed by atoms with van der Waals surface area (Å²) in [5.41, 5.74) is 0. The SMILES string of the molecule is C/C=c1/nc[nH]/c1=C/NC. The number of imidazole rings is 1. The highest BCUT2D eigenvalue weighted by Gasteiger charge is 1.81. The predicted molar refractivity (Wildman–Crippen MR) is 41.5 cm³/mol. The summed E-state index contributed by atoms with van der Waals surface area (Å²) in [5.74, 6) is 0. The average molecular weight is 137 g/mol. The van der Waals surface area contributed by atoms with E-state index in [1.54, 1.807) is 6.33 Å². The number of nitrogens with zero attached hydrogens (tertiary/aromatic N) is 1. The lowest BCUT2D eigenvalue weighted by atomic mass is 10.5. The lowest BCUT2D eigenvalue weighted by molar-refractivity contribution is 1.15. The summed E-state index contributed by atoms with van der Waals surface area (Å²) in [5, 5.41) is 4.93. The van der Waals surface area contributed by atoms with Crippen molar-refractivity contribution in [1.82, 2.24) is 15.3 Å². The summed E-state index contributed by atoms with van der Waals surface area (Å²) in [6.45, 7) is 1.96. The second kappa shape index (κ2) is 3.06. The molecule has 0 aliphatic rings. The number of nitrogens with one attached hydrogen (secondary N) is 2. The molecular weight excluding hydrogens is 126 g/mol. The Hall–Kier alpha value is -1.25. The van der Waals surface area contributed by atoms with E-state index in [0.29, 0.717) is 0 Å². The predicted octanol–water partition coefficient (Wildman–Crippen LogP) is -0.832. The molecule has 0 amide bonds. The van der Waals surface area contributed by atoms with Crippen LogP contribution in [0.15, 0.2) is 6.33 Å². The van der Waals surface area contributed by atoms with Crippen molar-refractivity contribution < 1.29 is 0 Å². The number of hydrogen-bond acceptors (Lipinski definition) is 2. The Labute approximate surface area is 59.5 Å². The topological polar surface area (TPSA) is 40.7 Å². The van der Waals surface area contributed by atoms with Crippen LogP contribution < -0.4 is 16.0 Å². The quantitative estimate of drug-likeness (QED) is 0.530. The van der Waals surface area contributed by atoms with Crippen LogP contribution in [0, 0.1) is 0 Å². The lowest BCUT2D eigenvalue weighted by Crippen LogP contribution is -2.26. The van der Waals surface area contributed by atoms with Gasteiger partial charge in [-0.3, -0.25) is 0 Å². The van der Waals surface area contributed by atoms with Crippen molar-refractivity contribution in [3.05, 3.63) is 17.0 Å². The van der Waals surface area contributed by atoms with Crippen LogP contribution in [0.2, 0.25) is 0 Å². The molecule has 0 spiro atoms. The Morgan fingerprint density at radius 2 is 2.50 bits per heavy atom. The average Bonchev–Trinajstić information content (AvgIpc) is 2.36. The van der Waals surface area contributed by atoms with E-state index >= 15 is 0 Å². The van der Waals surface area contributed by atoms with Crippen LogP contribution in [0.1, 0.15) is 6.92 Å². The minimum absolute atomic E-state index is 0.981. The number of rotatable bonds is 1. The fraction of sp³-hybridized carbons (Fsp3) is 0.286. The number of aromatic amines is 1. The van der Waals surface area contributed by atoms with E-state index in [2.05, 4.69) is 15.3 Å². The van der Waals surface area contributed by atoms with E-state index in [1.807, 2.05) is 26.2 Å². The van der Waals surface area contributed by atoms with Gasteiger partial charge in [0.05, 0.1) is 17.0 Å². The highest BCUT2D eigenvalue weighted by atomic mass is 14.9. The van der Waals surface area contributed by atoms with Crippen LogP contribution in [0.4, 0.5) is 0 Å². The zero-order valence-corrected chi connectivity index (χ0v) is 6.18. The molecule has 3 nitrogen and oxygen atoms in total. The highest BCUT2D eigenvalue weighted by Crippen LogP contribution is 1.55. The zero-order chi connectivity index (χ0) is 7.40. The van der Waals surface area contributed by atoms with E-state index < -0.39 is 0 Å². The maximum atomic E-state index is 4.07. The van der Waals surface area contributed by atoms with Crippen molar-refractivity contribution in [2.75, 3.05) is 7.05 Å². The van der Waals surface area contributed by atoms with Gasteiger partial charge in [0.1, 0.15) is 0 Å². The highest BCUT2D eigenvalue weighted by molar-refractivity contribution is 5.21. The molecule has 0 unspecified atom stereocenters. The second-order valence-corrected chi connectivity index (χ2v) is 1.92. The van der Waals surface area contributed by atoms with Gasteiger partial charge in [-0.1, -0.05) is 6.08 Å². The molecule has 1 rings (SSSR count). The molecule has 0 bridgehead atoms. The molecule has 0 atom stereocenters. The summed E-state index contributed by atoms with van der Waals surface area (Å²) < 4.78 is 0. The molecule has 2 N–H and O–H groups in total. The first kappa shape index (κ1) is 6.86. The molecule has 0 saturated heterocycles. The first-order valence-electron chi connectivity index (χ1n) is 3.21. The van der Waals surface area contributed by atoms with Crippen LogP contribution in [-0.4, -0.2) is 17.0 Å². The third-order valence-corrected chi connectivity index (χ3v) is 1.26. The Kier molecular flexibility index (Phi) is 2.10. The van der Waals surface area contributed by atoms with Crippen LogP contribution >= 0.6 is 0 Å². The van der Waals surface area contributed by atoms with Gasteiger partial charge in [0.15, 0.2) is 0 Å². The van der Waals surface area contributed by atoms with Crippen molar-refractivity contribution in [2.45, 2.75) is 6.92 Å². The zero-order valence-electron chi connectivity index (χ0n) is 6.18. The summed E-state index contributed by atoms with van der Waals surface area (Å²) in [6, 6.07) is 0. The minimum atomic E-state index is 0.981. The molecule has 0 aliphatic carbocycles. The van der Waals surface area contributed by atoms with Crippen LogP contribution in [0.5, 0.6) is 0 Å². The smallest absolute Gasteiger partial charge is 0.0932 e. The van der Waals surface area contributed by atoms with Crippen molar-refractivity contribution >= 4 is 12.3 Å². The Bertz CT molecular complexity index is 297. The van der Waals surface area contributed by atoms with E-state index in [1.165, 1.54) is 0 Å². The van der Waals surface area contributed by atoms with Gasteiger partial charge in [0.2, 0.25) is 0 Å². The summed E-state index contributed by atoms with van der Waals surface area (Å²) in [4.78, 5) is 7.07. The lowest BCUT2D eigenvalue weighted by Gasteiger charge is -1.80. The van der Waals surface area contributed by atoms with Gasteiger partial charge in [-0.25, -0.2) is 4.98 Å². The molecule has 0 aliphatic heterocycles. The van der Waals surface area contributed by atoms with Crippen molar-refractivity contribution in [3.63, 3.8) is 0 Å². The molecular formula is C7H11N3. The molecule has 0 radical (unpaired) electrons. The van der Waals surface area contributed by atoms with Gasteiger partial charge < -0.3 is 10.3 Å². The molecule has 1 heterocycles. The summed E-state index contributed by atoms with van der Waals surface area (Å²) in [7, 11) is 1.86. The summed E-state index contributed by atoms with van der Waals surface area (Å²) >= 11 is 0. The normalized spacial score (nSPS) is 14.2. The van der Waals surface area contributed by atoms with Crippen LogP contribution in [-0.2, 0) is 0 Å². The molecule has 10 heavy (non-hydrogen) atoms. The van der Waals surface area contributed by atoms with Gasteiger partial charge in [-0.05, 0) is 6.92 Å². The van der Waals surface area contributed by atoms with Crippen LogP contribution in [0.25, 0.3) is 12.3 Å². The molecule has 0 saturated carbocycles. The van der Waals surface area contributed by atoms with Crippen molar-refractivity contribution in [1.29, 1.82) is 0 Å². The Morgan fingerprint density at radius 1 is 1.70 bits per heavy atom. The van der Waals surface area contributed by atoms with Gasteiger partial charge in [0, 0.05) is 13.2 Å². The fourth-order valence-corrected chi connectivity index (χ4v) is 0.805. The van der Waals surface area contributed by atoms with E-state index in [4.69, 9.17) is 0 Å². The van der Waals surface area contributed by atoms with Crippen molar-refractivity contribution in [3.8, 4) is 0 Å². The molecule has 0 fully saturated rings. The first-order valence-corrected chi connectivity index (χ1v) is 3.21. The van der Waals surface area contributed by atoms with Gasteiger partial charge in [0.25, 0.3) is 0 Å². The molecule has 1 aromatic heterocycles. The van der Waals surface area contributed by atoms with E-state index in [9.17, 15) is 0 Å².